The number of hydrogen-bond donors (Lipinski definition) is 2. The molecule has 1 aliphatic carbocycles. The molecular weight excluding hydrogens is 252 g/mol. The van der Waals surface area contributed by atoms with Gasteiger partial charge in [-0.15, -0.1) is 0 Å². The zero-order chi connectivity index (χ0) is 14.4. The van der Waals surface area contributed by atoms with E-state index in [4.69, 9.17) is 5.11 Å². The summed E-state index contributed by atoms with van der Waals surface area (Å²) < 4.78 is 0. The van der Waals surface area contributed by atoms with Gasteiger partial charge < -0.3 is 10.4 Å². The Kier molecular flexibility index (Phi) is 5.14. The molecule has 2 N–H and O–H groups in total. The fourth-order valence-electron chi connectivity index (χ4n) is 2.09. The minimum absolute atomic E-state index is 0.0215. The lowest BCUT2D eigenvalue weighted by Crippen LogP contribution is -2.29. The summed E-state index contributed by atoms with van der Waals surface area (Å²) in [6, 6.07) is 1.68. The van der Waals surface area contributed by atoms with Gasteiger partial charge >= 0.3 is 0 Å². The number of carbonyl (C=O) groups excluding carboxylic acids is 1. The molecule has 1 aromatic heterocycles. The van der Waals surface area contributed by atoms with Gasteiger partial charge in [0, 0.05) is 25.4 Å². The number of nitrogens with one attached hydrogen (secondary N) is 1. The van der Waals surface area contributed by atoms with Crippen molar-refractivity contribution in [1.29, 1.82) is 0 Å². The molecule has 1 saturated carbocycles. The predicted molar refractivity (Wildman–Crippen MR) is 77.0 cm³/mol. The summed E-state index contributed by atoms with van der Waals surface area (Å²) in [7, 11) is 0. The zero-order valence-electron chi connectivity index (χ0n) is 11.7. The number of aliphatic hydroxyl groups is 1. The predicted octanol–water partition coefficient (Wildman–Crippen LogP) is 1.59. The van der Waals surface area contributed by atoms with Crippen LogP contribution in [0, 0.1) is 23.7 Å². The third-order valence-electron chi connectivity index (χ3n) is 3.54. The van der Waals surface area contributed by atoms with Crippen molar-refractivity contribution in [2.45, 2.75) is 26.2 Å². The van der Waals surface area contributed by atoms with Crippen molar-refractivity contribution in [1.82, 2.24) is 10.3 Å². The summed E-state index contributed by atoms with van der Waals surface area (Å²) in [6.45, 7) is 2.90. The molecule has 0 aromatic carbocycles. The molecule has 2 rings (SSSR count). The van der Waals surface area contributed by atoms with Crippen LogP contribution in [0.25, 0.3) is 0 Å². The first-order chi connectivity index (χ1) is 9.72. The van der Waals surface area contributed by atoms with Crippen LogP contribution in [0.4, 0.5) is 0 Å². The SMILES string of the molecule is CC(CNC(=O)c1ccncc1C#CCCO)C1CC1. The van der Waals surface area contributed by atoms with E-state index in [1.54, 1.807) is 18.5 Å². The van der Waals surface area contributed by atoms with Gasteiger partial charge in [-0.05, 0) is 30.7 Å². The second-order valence-corrected chi connectivity index (χ2v) is 5.22. The van der Waals surface area contributed by atoms with E-state index < -0.39 is 0 Å². The lowest BCUT2D eigenvalue weighted by molar-refractivity contribution is 0.0946. The van der Waals surface area contributed by atoms with Crippen LogP contribution in [-0.4, -0.2) is 29.1 Å². The van der Waals surface area contributed by atoms with E-state index in [1.807, 2.05) is 0 Å². The van der Waals surface area contributed by atoms with Gasteiger partial charge in [0.05, 0.1) is 17.7 Å². The Hall–Kier alpha value is -1.86. The Morgan fingerprint density at radius 3 is 3.10 bits per heavy atom. The Labute approximate surface area is 119 Å². The smallest absolute Gasteiger partial charge is 0.252 e. The van der Waals surface area contributed by atoms with E-state index in [0.717, 1.165) is 5.92 Å². The first-order valence-corrected chi connectivity index (χ1v) is 7.04. The Bertz CT molecular complexity index is 527. The molecule has 1 aliphatic rings. The third-order valence-corrected chi connectivity index (χ3v) is 3.54. The maximum Gasteiger partial charge on any atom is 0.252 e. The van der Waals surface area contributed by atoms with Crippen LogP contribution in [0.1, 0.15) is 42.1 Å². The quantitative estimate of drug-likeness (QED) is 0.800. The zero-order valence-corrected chi connectivity index (χ0v) is 11.7. The average Bonchev–Trinajstić information content (AvgIpc) is 3.30. The summed E-state index contributed by atoms with van der Waals surface area (Å²) in [5.74, 6) is 6.91. The molecule has 1 unspecified atom stereocenters. The molecule has 106 valence electrons. The number of hydrogen-bond acceptors (Lipinski definition) is 3. The number of rotatable bonds is 5. The van der Waals surface area contributed by atoms with Gasteiger partial charge in [0.2, 0.25) is 0 Å². The molecule has 0 aliphatic heterocycles. The second-order valence-electron chi connectivity index (χ2n) is 5.22. The van der Waals surface area contributed by atoms with Crippen LogP contribution in [0.2, 0.25) is 0 Å². The Balaban J connectivity index is 1.99. The third kappa shape index (κ3) is 4.07. The van der Waals surface area contributed by atoms with E-state index >= 15 is 0 Å². The molecule has 0 spiro atoms. The van der Waals surface area contributed by atoms with Crippen LogP contribution in [0.15, 0.2) is 18.5 Å². The van der Waals surface area contributed by atoms with Gasteiger partial charge in [0.1, 0.15) is 0 Å². The molecule has 1 fully saturated rings. The molecule has 0 saturated heterocycles. The average molecular weight is 272 g/mol. The van der Waals surface area contributed by atoms with E-state index in [9.17, 15) is 4.79 Å². The van der Waals surface area contributed by atoms with Gasteiger partial charge in [-0.1, -0.05) is 18.8 Å². The summed E-state index contributed by atoms with van der Waals surface area (Å²) in [6.07, 6.45) is 6.14. The standard InChI is InChI=1S/C16H20N2O2/c1-12(13-5-6-13)10-18-16(20)15-7-8-17-11-14(15)4-2-3-9-19/h7-8,11-13,19H,3,5-6,9-10H2,1H3,(H,18,20). The van der Waals surface area contributed by atoms with Crippen LogP contribution >= 0.6 is 0 Å². The number of aromatic nitrogens is 1. The van der Waals surface area contributed by atoms with Crippen LogP contribution < -0.4 is 5.32 Å². The van der Waals surface area contributed by atoms with Crippen LogP contribution in [0.5, 0.6) is 0 Å². The van der Waals surface area contributed by atoms with E-state index in [1.165, 1.54) is 12.8 Å². The van der Waals surface area contributed by atoms with Crippen molar-refractivity contribution in [3.63, 3.8) is 0 Å². The van der Waals surface area contributed by atoms with Crippen LogP contribution in [0.3, 0.4) is 0 Å². The molecule has 1 atom stereocenters. The van der Waals surface area contributed by atoms with Crippen molar-refractivity contribution in [3.05, 3.63) is 29.6 Å². The Morgan fingerprint density at radius 2 is 2.40 bits per heavy atom. The topological polar surface area (TPSA) is 62.2 Å². The summed E-state index contributed by atoms with van der Waals surface area (Å²) in [5.41, 5.74) is 1.16. The molecule has 4 heteroatoms. The molecule has 1 heterocycles. The lowest BCUT2D eigenvalue weighted by Gasteiger charge is -2.12. The summed E-state index contributed by atoms with van der Waals surface area (Å²) >= 11 is 0. The second kappa shape index (κ2) is 7.06. The lowest BCUT2D eigenvalue weighted by atomic mass is 10.1. The molecule has 1 aromatic rings. The van der Waals surface area contributed by atoms with Crippen molar-refractivity contribution < 1.29 is 9.90 Å². The highest BCUT2D eigenvalue weighted by Crippen LogP contribution is 2.36. The van der Waals surface area contributed by atoms with Gasteiger partial charge in [-0.2, -0.15) is 0 Å². The summed E-state index contributed by atoms with van der Waals surface area (Å²) in [5, 5.41) is 11.7. The van der Waals surface area contributed by atoms with Gasteiger partial charge in [-0.3, -0.25) is 9.78 Å². The molecule has 0 bridgehead atoms. The maximum atomic E-state index is 12.2. The van der Waals surface area contributed by atoms with Gasteiger partial charge in [0.25, 0.3) is 5.91 Å². The highest BCUT2D eigenvalue weighted by Gasteiger charge is 2.28. The number of carbonyl (C=O) groups is 1. The van der Waals surface area contributed by atoms with Gasteiger partial charge in [0.15, 0.2) is 0 Å². The summed E-state index contributed by atoms with van der Waals surface area (Å²) in [4.78, 5) is 16.2. The molecule has 4 nitrogen and oxygen atoms in total. The largest absolute Gasteiger partial charge is 0.395 e. The number of amides is 1. The Morgan fingerprint density at radius 1 is 1.60 bits per heavy atom. The van der Waals surface area contributed by atoms with Gasteiger partial charge in [-0.25, -0.2) is 0 Å². The van der Waals surface area contributed by atoms with Crippen molar-refractivity contribution >= 4 is 5.91 Å². The molecule has 20 heavy (non-hydrogen) atoms. The minimum atomic E-state index is -0.104. The number of aliphatic hydroxyl groups excluding tert-OH is 1. The fourth-order valence-corrected chi connectivity index (χ4v) is 2.09. The first kappa shape index (κ1) is 14.5. The normalized spacial score (nSPS) is 15.1. The van der Waals surface area contributed by atoms with Crippen molar-refractivity contribution in [2.24, 2.45) is 11.8 Å². The fraction of sp³-hybridized carbons (Fsp3) is 0.500. The number of nitrogens with zero attached hydrogens (tertiary/aromatic N) is 1. The monoisotopic (exact) mass is 272 g/mol. The van der Waals surface area contributed by atoms with Crippen molar-refractivity contribution in [2.75, 3.05) is 13.2 Å². The molecule has 1 amide bonds. The number of pyridine rings is 1. The maximum absolute atomic E-state index is 12.2. The van der Waals surface area contributed by atoms with E-state index in [2.05, 4.69) is 29.1 Å². The highest BCUT2D eigenvalue weighted by atomic mass is 16.2. The molecule has 0 radical (unpaired) electrons. The van der Waals surface area contributed by atoms with E-state index in [0.29, 0.717) is 30.0 Å². The molecular formula is C16H20N2O2. The van der Waals surface area contributed by atoms with Crippen LogP contribution in [-0.2, 0) is 0 Å². The van der Waals surface area contributed by atoms with E-state index in [-0.39, 0.29) is 12.5 Å². The minimum Gasteiger partial charge on any atom is -0.395 e. The first-order valence-electron chi connectivity index (χ1n) is 7.04. The highest BCUT2D eigenvalue weighted by molar-refractivity contribution is 5.96. The van der Waals surface area contributed by atoms with Crippen molar-refractivity contribution in [3.8, 4) is 11.8 Å².